The van der Waals surface area contributed by atoms with Crippen molar-refractivity contribution >= 4 is 33.7 Å². The van der Waals surface area contributed by atoms with Crippen molar-refractivity contribution in [3.05, 3.63) is 72.1 Å². The average Bonchev–Trinajstić information content (AvgIpc) is 3.53. The molecule has 2 saturated heterocycles. The molecule has 5 aromatic rings. The third-order valence-electron chi connectivity index (χ3n) is 8.94. The van der Waals surface area contributed by atoms with Crippen LogP contribution in [0.2, 0.25) is 0 Å². The van der Waals surface area contributed by atoms with Crippen LogP contribution in [-0.2, 0) is 11.8 Å². The van der Waals surface area contributed by atoms with Gasteiger partial charge in [0.15, 0.2) is 0 Å². The summed E-state index contributed by atoms with van der Waals surface area (Å²) >= 11 is 0. The lowest BCUT2D eigenvalue weighted by molar-refractivity contribution is 0.0553. The first-order chi connectivity index (χ1) is 20.5. The molecule has 10 nitrogen and oxygen atoms in total. The van der Waals surface area contributed by atoms with Gasteiger partial charge in [0.05, 0.1) is 34.0 Å². The number of piperazine rings is 1. The summed E-state index contributed by atoms with van der Waals surface area (Å²) in [5.41, 5.74) is 8.36. The molecule has 1 atom stereocenters. The van der Waals surface area contributed by atoms with E-state index in [1.165, 1.54) is 10.5 Å². The summed E-state index contributed by atoms with van der Waals surface area (Å²) in [5.74, 6) is 0.410. The van der Waals surface area contributed by atoms with Crippen molar-refractivity contribution < 1.29 is 14.6 Å². The Kier molecular flexibility index (Phi) is 6.78. The van der Waals surface area contributed by atoms with E-state index in [1.54, 1.807) is 0 Å². The Morgan fingerprint density at radius 3 is 2.45 bits per heavy atom. The summed E-state index contributed by atoms with van der Waals surface area (Å²) in [6, 6.07) is 19.8. The van der Waals surface area contributed by atoms with Crippen LogP contribution >= 0.6 is 0 Å². The summed E-state index contributed by atoms with van der Waals surface area (Å²) in [6.45, 7) is 5.82. The maximum atomic E-state index is 11.5. The number of hydrogen-bond acceptors (Lipinski definition) is 6. The van der Waals surface area contributed by atoms with Gasteiger partial charge < -0.3 is 24.2 Å². The van der Waals surface area contributed by atoms with Gasteiger partial charge in [-0.05, 0) is 55.5 Å². The van der Waals surface area contributed by atoms with Gasteiger partial charge in [-0.15, -0.1) is 5.10 Å². The summed E-state index contributed by atoms with van der Waals surface area (Å²) in [5, 5.41) is 19.1. The highest BCUT2D eigenvalue weighted by Crippen LogP contribution is 2.42. The minimum Gasteiger partial charge on any atom is -0.465 e. The largest absolute Gasteiger partial charge is 0.465 e. The van der Waals surface area contributed by atoms with E-state index in [0.717, 1.165) is 70.6 Å². The van der Waals surface area contributed by atoms with Gasteiger partial charge in [0.25, 0.3) is 0 Å². The average molecular weight is 566 g/mol. The summed E-state index contributed by atoms with van der Waals surface area (Å²) in [7, 11) is 1.92. The summed E-state index contributed by atoms with van der Waals surface area (Å²) in [6.07, 6.45) is 3.06. The SMILES string of the molecule is Cc1nnn(C)c1-c1cnc2c3cc(N4CCN(C(=O)O)CC4)ccc3n([C@H](c3ccccc3)C3CCOCC3)c2c1. The van der Waals surface area contributed by atoms with E-state index in [4.69, 9.17) is 9.72 Å². The van der Waals surface area contributed by atoms with Gasteiger partial charge >= 0.3 is 6.09 Å². The number of hydrogen-bond donors (Lipinski definition) is 1. The Morgan fingerprint density at radius 1 is 1.00 bits per heavy atom. The van der Waals surface area contributed by atoms with E-state index >= 15 is 0 Å². The minimum atomic E-state index is -0.855. The fourth-order valence-corrected chi connectivity index (χ4v) is 6.85. The minimum absolute atomic E-state index is 0.114. The van der Waals surface area contributed by atoms with Gasteiger partial charge in [-0.25, -0.2) is 9.48 Å². The molecule has 1 N–H and O–H groups in total. The number of amides is 1. The third-order valence-corrected chi connectivity index (χ3v) is 8.94. The lowest BCUT2D eigenvalue weighted by Gasteiger charge is -2.35. The number of aromatic nitrogens is 5. The van der Waals surface area contributed by atoms with Crippen LogP contribution in [-0.4, -0.2) is 80.0 Å². The third kappa shape index (κ3) is 4.56. The molecule has 7 rings (SSSR count). The van der Waals surface area contributed by atoms with E-state index in [-0.39, 0.29) is 6.04 Å². The number of nitrogens with zero attached hydrogens (tertiary/aromatic N) is 7. The normalized spacial score (nSPS) is 17.3. The van der Waals surface area contributed by atoms with Crippen LogP contribution in [0.1, 0.15) is 30.1 Å². The second-order valence-corrected chi connectivity index (χ2v) is 11.4. The van der Waals surface area contributed by atoms with Crippen LogP contribution in [0.25, 0.3) is 33.2 Å². The fraction of sp³-hybridized carbons (Fsp3) is 0.375. The molecule has 0 saturated carbocycles. The summed E-state index contributed by atoms with van der Waals surface area (Å²) < 4.78 is 10.1. The van der Waals surface area contributed by atoms with Crippen LogP contribution in [0.5, 0.6) is 0 Å². The molecule has 1 amide bonds. The van der Waals surface area contributed by atoms with Gasteiger partial charge in [0.2, 0.25) is 0 Å². The Labute approximate surface area is 244 Å². The number of pyridine rings is 1. The molecule has 0 radical (unpaired) electrons. The number of benzene rings is 2. The zero-order chi connectivity index (χ0) is 28.8. The number of rotatable bonds is 5. The van der Waals surface area contributed by atoms with E-state index in [9.17, 15) is 9.90 Å². The van der Waals surface area contributed by atoms with E-state index < -0.39 is 6.09 Å². The molecule has 0 spiro atoms. The summed E-state index contributed by atoms with van der Waals surface area (Å²) in [4.78, 5) is 20.3. The quantitative estimate of drug-likeness (QED) is 0.316. The van der Waals surface area contributed by atoms with Gasteiger partial charge in [0.1, 0.15) is 0 Å². The van der Waals surface area contributed by atoms with Crippen molar-refractivity contribution in [1.29, 1.82) is 0 Å². The zero-order valence-electron chi connectivity index (χ0n) is 24.0. The van der Waals surface area contributed by atoms with Gasteiger partial charge in [-0.2, -0.15) is 0 Å². The molecule has 0 bridgehead atoms. The maximum absolute atomic E-state index is 11.5. The number of ether oxygens (including phenoxy) is 1. The number of carboxylic acid groups (broad SMARTS) is 1. The lowest BCUT2D eigenvalue weighted by Crippen LogP contribution is -2.48. The van der Waals surface area contributed by atoms with E-state index in [1.807, 2.05) is 24.9 Å². The van der Waals surface area contributed by atoms with Crippen LogP contribution in [0.4, 0.5) is 10.5 Å². The first kappa shape index (κ1) is 26.5. The first-order valence-corrected chi connectivity index (χ1v) is 14.7. The van der Waals surface area contributed by atoms with Crippen molar-refractivity contribution in [3.63, 3.8) is 0 Å². The predicted molar refractivity (Wildman–Crippen MR) is 162 cm³/mol. The molecule has 2 aliphatic heterocycles. The topological polar surface area (TPSA) is 102 Å². The number of anilines is 1. The maximum Gasteiger partial charge on any atom is 0.407 e. The van der Waals surface area contributed by atoms with Crippen LogP contribution in [0.3, 0.4) is 0 Å². The van der Waals surface area contributed by atoms with Crippen molar-refractivity contribution in [2.45, 2.75) is 25.8 Å². The molecule has 10 heteroatoms. The number of carbonyl (C=O) groups is 1. The Morgan fingerprint density at radius 2 is 1.76 bits per heavy atom. The van der Waals surface area contributed by atoms with Crippen molar-refractivity contribution in [1.82, 2.24) is 29.4 Å². The Balaban J connectivity index is 1.43. The van der Waals surface area contributed by atoms with Crippen molar-refractivity contribution in [2.24, 2.45) is 13.0 Å². The molecule has 42 heavy (non-hydrogen) atoms. The van der Waals surface area contributed by atoms with Crippen molar-refractivity contribution in [3.8, 4) is 11.3 Å². The number of aryl methyl sites for hydroxylation is 2. The van der Waals surface area contributed by atoms with Gasteiger partial charge in [-0.3, -0.25) is 4.98 Å². The molecule has 2 aromatic carbocycles. The molecule has 3 aromatic heterocycles. The second-order valence-electron chi connectivity index (χ2n) is 11.4. The van der Waals surface area contributed by atoms with Crippen molar-refractivity contribution in [2.75, 3.05) is 44.3 Å². The molecule has 5 heterocycles. The molecule has 216 valence electrons. The molecule has 0 unspecified atom stereocenters. The number of fused-ring (bicyclic) bond motifs is 3. The van der Waals surface area contributed by atoms with Crippen LogP contribution in [0.15, 0.2) is 60.8 Å². The monoisotopic (exact) mass is 565 g/mol. The Bertz CT molecular complexity index is 1730. The zero-order valence-corrected chi connectivity index (χ0v) is 24.0. The molecular weight excluding hydrogens is 530 g/mol. The van der Waals surface area contributed by atoms with E-state index in [2.05, 4.69) is 74.4 Å². The highest BCUT2D eigenvalue weighted by atomic mass is 16.5. The Hall–Kier alpha value is -4.44. The standard InChI is InChI=1S/C32H35N7O3/c1-21-30(36(2)35-34-21)24-18-28-29(33-20-24)26-19-25(37-12-14-38(15-13-37)32(40)41)8-9-27(26)39(28)31(22-6-4-3-5-7-22)23-10-16-42-17-11-23/h3-9,18-20,23,31H,10-17H2,1-2H3,(H,40,41)/t31-/m1/s1. The molecular formula is C32H35N7O3. The molecule has 2 aliphatic rings. The second kappa shape index (κ2) is 10.8. The highest BCUT2D eigenvalue weighted by Gasteiger charge is 2.31. The van der Waals surface area contributed by atoms with Crippen LogP contribution < -0.4 is 4.90 Å². The first-order valence-electron chi connectivity index (χ1n) is 14.7. The van der Waals surface area contributed by atoms with E-state index in [0.29, 0.717) is 32.1 Å². The fourth-order valence-electron chi connectivity index (χ4n) is 6.85. The molecule has 2 fully saturated rings. The highest BCUT2D eigenvalue weighted by molar-refractivity contribution is 6.08. The van der Waals surface area contributed by atoms with Gasteiger partial charge in [-0.1, -0.05) is 35.5 Å². The van der Waals surface area contributed by atoms with Gasteiger partial charge in [0, 0.05) is 69.3 Å². The van der Waals surface area contributed by atoms with Crippen LogP contribution in [0, 0.1) is 12.8 Å². The molecule has 0 aliphatic carbocycles. The predicted octanol–water partition coefficient (Wildman–Crippen LogP) is 5.11. The smallest absolute Gasteiger partial charge is 0.407 e. The lowest BCUT2D eigenvalue weighted by atomic mass is 9.86.